The van der Waals surface area contributed by atoms with Crippen molar-refractivity contribution in [3.63, 3.8) is 0 Å². The lowest BCUT2D eigenvalue weighted by Gasteiger charge is -2.23. The van der Waals surface area contributed by atoms with E-state index in [9.17, 15) is 4.79 Å². The van der Waals surface area contributed by atoms with E-state index in [2.05, 4.69) is 41.7 Å². The highest BCUT2D eigenvalue weighted by Gasteiger charge is 2.17. The number of fused-ring (bicyclic) bond motifs is 1. The second-order valence-corrected chi connectivity index (χ2v) is 5.25. The summed E-state index contributed by atoms with van der Waals surface area (Å²) in [6.07, 6.45) is 0. The zero-order valence-electron chi connectivity index (χ0n) is 13.1. The molecule has 0 radical (unpaired) electrons. The first-order valence-electron chi connectivity index (χ1n) is 7.66. The van der Waals surface area contributed by atoms with Crippen molar-refractivity contribution in [2.75, 3.05) is 13.1 Å². The molecule has 3 nitrogen and oxygen atoms in total. The molecule has 2 rings (SSSR count). The molecule has 0 spiro atoms. The highest BCUT2D eigenvalue weighted by Crippen LogP contribution is 2.18. The van der Waals surface area contributed by atoms with Crippen molar-refractivity contribution in [2.45, 2.75) is 33.4 Å². The molecule has 0 saturated carbocycles. The number of hydrogen-bond acceptors (Lipinski definition) is 2. The van der Waals surface area contributed by atoms with Crippen LogP contribution in [0.3, 0.4) is 0 Å². The molecule has 21 heavy (non-hydrogen) atoms. The zero-order chi connectivity index (χ0) is 15.2. The van der Waals surface area contributed by atoms with Crippen molar-refractivity contribution in [1.29, 1.82) is 0 Å². The van der Waals surface area contributed by atoms with Gasteiger partial charge in [0.1, 0.15) is 0 Å². The van der Waals surface area contributed by atoms with Gasteiger partial charge < -0.3 is 10.2 Å². The van der Waals surface area contributed by atoms with Crippen LogP contribution >= 0.6 is 0 Å². The molecular weight excluding hydrogens is 260 g/mol. The van der Waals surface area contributed by atoms with Crippen LogP contribution in [0.2, 0.25) is 0 Å². The lowest BCUT2D eigenvalue weighted by atomic mass is 10.0. The highest BCUT2D eigenvalue weighted by molar-refractivity contribution is 5.86. The molecule has 1 N–H and O–H groups in total. The van der Waals surface area contributed by atoms with E-state index in [1.807, 2.05) is 31.7 Å². The Balaban J connectivity index is 2.06. The van der Waals surface area contributed by atoms with Gasteiger partial charge in [0.25, 0.3) is 0 Å². The van der Waals surface area contributed by atoms with E-state index in [0.29, 0.717) is 6.54 Å². The summed E-state index contributed by atoms with van der Waals surface area (Å²) < 4.78 is 0. The van der Waals surface area contributed by atoms with Crippen LogP contribution in [-0.4, -0.2) is 29.9 Å². The molecular formula is C18H24N2O. The summed E-state index contributed by atoms with van der Waals surface area (Å²) in [5, 5.41) is 5.83. The average Bonchev–Trinajstić information content (AvgIpc) is 2.53. The van der Waals surface area contributed by atoms with Crippen LogP contribution in [0, 0.1) is 0 Å². The smallest absolute Gasteiger partial charge is 0.239 e. The Morgan fingerprint density at radius 2 is 1.76 bits per heavy atom. The Morgan fingerprint density at radius 1 is 1.10 bits per heavy atom. The minimum atomic E-state index is -0.163. The third-order valence-corrected chi connectivity index (χ3v) is 3.92. The second kappa shape index (κ2) is 7.23. The van der Waals surface area contributed by atoms with Gasteiger partial charge in [-0.3, -0.25) is 4.79 Å². The lowest BCUT2D eigenvalue weighted by Crippen LogP contribution is -2.44. The third-order valence-electron chi connectivity index (χ3n) is 3.92. The molecule has 0 bridgehead atoms. The number of rotatable bonds is 6. The Kier molecular flexibility index (Phi) is 5.34. The van der Waals surface area contributed by atoms with Crippen molar-refractivity contribution < 1.29 is 4.79 Å². The van der Waals surface area contributed by atoms with Gasteiger partial charge in [0.15, 0.2) is 0 Å². The first-order chi connectivity index (χ1) is 10.2. The van der Waals surface area contributed by atoms with Gasteiger partial charge >= 0.3 is 0 Å². The molecule has 2 aromatic rings. The molecule has 3 heteroatoms. The van der Waals surface area contributed by atoms with Gasteiger partial charge in [-0.2, -0.15) is 0 Å². The number of nitrogens with one attached hydrogen (secondary N) is 1. The van der Waals surface area contributed by atoms with Crippen LogP contribution in [-0.2, 0) is 11.3 Å². The third kappa shape index (κ3) is 3.61. The van der Waals surface area contributed by atoms with Crippen molar-refractivity contribution in [2.24, 2.45) is 0 Å². The molecule has 1 unspecified atom stereocenters. The Hall–Kier alpha value is -1.87. The number of nitrogens with zero attached hydrogens (tertiary/aromatic N) is 1. The topological polar surface area (TPSA) is 32.3 Å². The zero-order valence-corrected chi connectivity index (χ0v) is 13.1. The van der Waals surface area contributed by atoms with Crippen LogP contribution in [0.25, 0.3) is 10.8 Å². The molecule has 2 aromatic carbocycles. The summed E-state index contributed by atoms with van der Waals surface area (Å²) in [6.45, 7) is 8.18. The molecule has 0 aliphatic rings. The van der Waals surface area contributed by atoms with E-state index in [-0.39, 0.29) is 11.9 Å². The Morgan fingerprint density at radius 3 is 2.48 bits per heavy atom. The number of carbonyl (C=O) groups is 1. The standard InChI is InChI=1S/C18H24N2O/c1-4-20(5-2)18(21)14(3)19-13-16-11-8-10-15-9-6-7-12-17(15)16/h6-12,14,19H,4-5,13H2,1-3H3. The van der Waals surface area contributed by atoms with Gasteiger partial charge in [0.05, 0.1) is 6.04 Å². The fraction of sp³-hybridized carbons (Fsp3) is 0.389. The van der Waals surface area contributed by atoms with Crippen LogP contribution in [0.1, 0.15) is 26.3 Å². The van der Waals surface area contributed by atoms with Crippen molar-refractivity contribution in [1.82, 2.24) is 10.2 Å². The summed E-state index contributed by atoms with van der Waals surface area (Å²) >= 11 is 0. The van der Waals surface area contributed by atoms with Gasteiger partial charge in [-0.25, -0.2) is 0 Å². The van der Waals surface area contributed by atoms with E-state index in [0.717, 1.165) is 13.1 Å². The molecule has 112 valence electrons. The van der Waals surface area contributed by atoms with E-state index >= 15 is 0 Å². The van der Waals surface area contributed by atoms with E-state index in [1.165, 1.54) is 16.3 Å². The van der Waals surface area contributed by atoms with Crippen LogP contribution in [0.15, 0.2) is 42.5 Å². The van der Waals surface area contributed by atoms with Gasteiger partial charge in [0.2, 0.25) is 5.91 Å². The number of likely N-dealkylation sites (N-methyl/N-ethyl adjacent to an activating group) is 1. The minimum Gasteiger partial charge on any atom is -0.342 e. The summed E-state index contributed by atoms with van der Waals surface area (Å²) in [5.74, 6) is 0.167. The normalized spacial score (nSPS) is 12.3. The second-order valence-electron chi connectivity index (χ2n) is 5.25. The Bertz CT molecular complexity index is 600. The number of benzene rings is 2. The van der Waals surface area contributed by atoms with Gasteiger partial charge in [-0.05, 0) is 37.1 Å². The van der Waals surface area contributed by atoms with Crippen molar-refractivity contribution >= 4 is 16.7 Å². The Labute approximate surface area is 127 Å². The molecule has 1 atom stereocenters. The molecule has 0 saturated heterocycles. The van der Waals surface area contributed by atoms with Gasteiger partial charge in [-0.15, -0.1) is 0 Å². The van der Waals surface area contributed by atoms with Gasteiger partial charge in [0, 0.05) is 19.6 Å². The summed E-state index contributed by atoms with van der Waals surface area (Å²) in [7, 11) is 0. The lowest BCUT2D eigenvalue weighted by molar-refractivity contribution is -0.132. The average molecular weight is 284 g/mol. The summed E-state index contributed by atoms with van der Waals surface area (Å²) in [4.78, 5) is 14.1. The molecule has 0 fully saturated rings. The fourth-order valence-corrected chi connectivity index (χ4v) is 2.61. The van der Waals surface area contributed by atoms with E-state index in [4.69, 9.17) is 0 Å². The molecule has 0 heterocycles. The fourth-order valence-electron chi connectivity index (χ4n) is 2.61. The summed E-state index contributed by atoms with van der Waals surface area (Å²) in [5.41, 5.74) is 1.23. The largest absolute Gasteiger partial charge is 0.342 e. The highest BCUT2D eigenvalue weighted by atomic mass is 16.2. The predicted octanol–water partition coefficient (Wildman–Crippen LogP) is 3.19. The van der Waals surface area contributed by atoms with E-state index in [1.54, 1.807) is 0 Å². The minimum absolute atomic E-state index is 0.163. The van der Waals surface area contributed by atoms with Crippen LogP contribution < -0.4 is 5.32 Å². The molecule has 0 aromatic heterocycles. The van der Waals surface area contributed by atoms with E-state index < -0.39 is 0 Å². The monoisotopic (exact) mass is 284 g/mol. The SMILES string of the molecule is CCN(CC)C(=O)C(C)NCc1cccc2ccccc12. The van der Waals surface area contributed by atoms with Gasteiger partial charge in [-0.1, -0.05) is 42.5 Å². The first-order valence-corrected chi connectivity index (χ1v) is 7.66. The number of hydrogen-bond donors (Lipinski definition) is 1. The quantitative estimate of drug-likeness (QED) is 0.883. The molecule has 0 aliphatic carbocycles. The van der Waals surface area contributed by atoms with Crippen molar-refractivity contribution in [3.8, 4) is 0 Å². The molecule has 1 amide bonds. The maximum Gasteiger partial charge on any atom is 0.239 e. The van der Waals surface area contributed by atoms with Crippen LogP contribution in [0.5, 0.6) is 0 Å². The van der Waals surface area contributed by atoms with Crippen molar-refractivity contribution in [3.05, 3.63) is 48.0 Å². The number of carbonyl (C=O) groups excluding carboxylic acids is 1. The number of amides is 1. The first kappa shape index (κ1) is 15.5. The summed E-state index contributed by atoms with van der Waals surface area (Å²) in [6, 6.07) is 14.5. The van der Waals surface area contributed by atoms with Crippen LogP contribution in [0.4, 0.5) is 0 Å². The maximum absolute atomic E-state index is 12.3. The predicted molar refractivity (Wildman–Crippen MR) is 88.2 cm³/mol. The maximum atomic E-state index is 12.3. The molecule has 0 aliphatic heterocycles.